The number of nitrogens with zero attached hydrogens (tertiary/aromatic N) is 1. The summed E-state index contributed by atoms with van der Waals surface area (Å²) in [4.78, 5) is 3.34. The molecule has 112 valence electrons. The zero-order chi connectivity index (χ0) is 14.8. The average molecular weight is 314 g/mol. The van der Waals surface area contributed by atoms with Crippen molar-refractivity contribution < 1.29 is 8.42 Å². The lowest BCUT2D eigenvalue weighted by Crippen LogP contribution is -2.39. The van der Waals surface area contributed by atoms with Crippen LogP contribution in [0.5, 0.6) is 0 Å². The Bertz CT molecular complexity index is 543. The molecule has 0 aromatic heterocycles. The summed E-state index contributed by atoms with van der Waals surface area (Å²) < 4.78 is 23.2. The van der Waals surface area contributed by atoms with Gasteiger partial charge in [-0.1, -0.05) is 12.1 Å². The molecule has 4 nitrogen and oxygen atoms in total. The van der Waals surface area contributed by atoms with Crippen molar-refractivity contribution in [2.45, 2.75) is 23.4 Å². The van der Waals surface area contributed by atoms with Crippen LogP contribution in [0.2, 0.25) is 0 Å². The SMILES string of the molecule is CSc1ccc(C(CN)N(C)C2CCS(=O)(=O)C2)cc1. The molecule has 1 aliphatic rings. The van der Waals surface area contributed by atoms with Crippen molar-refractivity contribution >= 4 is 21.6 Å². The van der Waals surface area contributed by atoms with Gasteiger partial charge < -0.3 is 5.73 Å². The molecule has 1 fully saturated rings. The van der Waals surface area contributed by atoms with E-state index in [2.05, 4.69) is 29.2 Å². The maximum absolute atomic E-state index is 11.6. The molecule has 0 radical (unpaired) electrons. The van der Waals surface area contributed by atoms with Gasteiger partial charge in [0.05, 0.1) is 11.5 Å². The molecular weight excluding hydrogens is 292 g/mol. The Hall–Kier alpha value is -0.560. The van der Waals surface area contributed by atoms with E-state index < -0.39 is 9.84 Å². The number of thioether (sulfide) groups is 1. The van der Waals surface area contributed by atoms with Crippen LogP contribution in [0.1, 0.15) is 18.0 Å². The van der Waals surface area contributed by atoms with Crippen molar-refractivity contribution in [3.05, 3.63) is 29.8 Å². The van der Waals surface area contributed by atoms with Crippen LogP contribution in [0.15, 0.2) is 29.2 Å². The van der Waals surface area contributed by atoms with Crippen LogP contribution in [-0.4, -0.2) is 50.7 Å². The minimum atomic E-state index is -2.86. The van der Waals surface area contributed by atoms with Crippen LogP contribution in [0.3, 0.4) is 0 Å². The molecule has 2 rings (SSSR count). The Morgan fingerprint density at radius 2 is 2.05 bits per heavy atom. The fourth-order valence-corrected chi connectivity index (χ4v) is 4.91. The summed E-state index contributed by atoms with van der Waals surface area (Å²) >= 11 is 1.71. The first-order valence-corrected chi connectivity index (χ1v) is 9.78. The van der Waals surface area contributed by atoms with Crippen LogP contribution in [0.4, 0.5) is 0 Å². The van der Waals surface area contributed by atoms with Gasteiger partial charge >= 0.3 is 0 Å². The van der Waals surface area contributed by atoms with Crippen LogP contribution >= 0.6 is 11.8 Å². The van der Waals surface area contributed by atoms with Gasteiger partial charge in [0, 0.05) is 23.5 Å². The van der Waals surface area contributed by atoms with Gasteiger partial charge in [0.1, 0.15) is 0 Å². The van der Waals surface area contributed by atoms with Crippen molar-refractivity contribution in [2.24, 2.45) is 5.73 Å². The van der Waals surface area contributed by atoms with Crippen LogP contribution in [0.25, 0.3) is 0 Å². The third-order valence-corrected chi connectivity index (χ3v) is 6.49. The van der Waals surface area contributed by atoms with E-state index in [0.717, 1.165) is 5.56 Å². The van der Waals surface area contributed by atoms with Crippen molar-refractivity contribution in [3.8, 4) is 0 Å². The highest BCUT2D eigenvalue weighted by molar-refractivity contribution is 7.98. The number of likely N-dealkylation sites (N-methyl/N-ethyl adjacent to an activating group) is 1. The van der Waals surface area contributed by atoms with E-state index in [-0.39, 0.29) is 17.8 Å². The Morgan fingerprint density at radius 1 is 1.40 bits per heavy atom. The number of sulfone groups is 1. The number of rotatable bonds is 5. The predicted molar refractivity (Wildman–Crippen MR) is 84.8 cm³/mol. The molecule has 1 saturated heterocycles. The van der Waals surface area contributed by atoms with Gasteiger partial charge in [0.15, 0.2) is 9.84 Å². The zero-order valence-corrected chi connectivity index (χ0v) is 13.6. The molecule has 0 spiro atoms. The smallest absolute Gasteiger partial charge is 0.151 e. The Labute approximate surface area is 125 Å². The second-order valence-corrected chi connectivity index (χ2v) is 8.36. The molecule has 6 heteroatoms. The molecule has 1 aromatic rings. The largest absolute Gasteiger partial charge is 0.329 e. The number of hydrogen-bond donors (Lipinski definition) is 1. The van der Waals surface area contributed by atoms with Gasteiger partial charge in [0.2, 0.25) is 0 Å². The third-order valence-electron chi connectivity index (χ3n) is 4.00. The van der Waals surface area contributed by atoms with Crippen LogP contribution in [0, 0.1) is 0 Å². The molecule has 0 amide bonds. The Kier molecular flexibility index (Phi) is 5.12. The molecule has 20 heavy (non-hydrogen) atoms. The Balaban J connectivity index is 2.14. The number of hydrogen-bond acceptors (Lipinski definition) is 5. The lowest BCUT2D eigenvalue weighted by Gasteiger charge is -2.32. The lowest BCUT2D eigenvalue weighted by atomic mass is 10.0. The molecule has 2 atom stereocenters. The summed E-state index contributed by atoms with van der Waals surface area (Å²) in [7, 11) is -0.883. The summed E-state index contributed by atoms with van der Waals surface area (Å²) in [5.74, 6) is 0.549. The van der Waals surface area contributed by atoms with E-state index in [1.54, 1.807) is 11.8 Å². The molecule has 0 saturated carbocycles. The first-order valence-electron chi connectivity index (χ1n) is 6.73. The second kappa shape index (κ2) is 6.47. The van der Waals surface area contributed by atoms with Crippen LogP contribution in [-0.2, 0) is 9.84 Å². The van der Waals surface area contributed by atoms with Gasteiger partial charge in [-0.3, -0.25) is 4.90 Å². The monoisotopic (exact) mass is 314 g/mol. The van der Waals surface area contributed by atoms with Gasteiger partial charge in [-0.15, -0.1) is 11.8 Å². The van der Waals surface area contributed by atoms with Gasteiger partial charge in [-0.25, -0.2) is 8.42 Å². The van der Waals surface area contributed by atoms with Crippen molar-refractivity contribution in [2.75, 3.05) is 31.4 Å². The van der Waals surface area contributed by atoms with Gasteiger partial charge in [-0.2, -0.15) is 0 Å². The predicted octanol–water partition coefficient (Wildman–Crippen LogP) is 1.53. The quantitative estimate of drug-likeness (QED) is 0.835. The van der Waals surface area contributed by atoms with Crippen LogP contribution < -0.4 is 5.73 Å². The minimum Gasteiger partial charge on any atom is -0.329 e. The molecule has 0 bridgehead atoms. The van der Waals surface area contributed by atoms with Crippen molar-refractivity contribution in [3.63, 3.8) is 0 Å². The van der Waals surface area contributed by atoms with E-state index in [4.69, 9.17) is 5.73 Å². The Morgan fingerprint density at radius 3 is 2.50 bits per heavy atom. The van der Waals surface area contributed by atoms with Gasteiger partial charge in [-0.05, 0) is 37.4 Å². The first-order chi connectivity index (χ1) is 9.46. The van der Waals surface area contributed by atoms with E-state index in [1.165, 1.54) is 4.90 Å². The highest BCUT2D eigenvalue weighted by Crippen LogP contribution is 2.27. The highest BCUT2D eigenvalue weighted by Gasteiger charge is 2.33. The molecule has 2 unspecified atom stereocenters. The minimum absolute atomic E-state index is 0.0733. The van der Waals surface area contributed by atoms with Gasteiger partial charge in [0.25, 0.3) is 0 Å². The summed E-state index contributed by atoms with van der Waals surface area (Å²) in [6.07, 6.45) is 2.75. The van der Waals surface area contributed by atoms with Crippen molar-refractivity contribution in [1.29, 1.82) is 0 Å². The van der Waals surface area contributed by atoms with E-state index in [9.17, 15) is 8.42 Å². The number of nitrogens with two attached hydrogens (primary N) is 1. The second-order valence-electron chi connectivity index (χ2n) is 5.25. The molecular formula is C14H22N2O2S2. The first kappa shape index (κ1) is 15.8. The normalized spacial score (nSPS) is 23.1. The summed E-state index contributed by atoms with van der Waals surface area (Å²) in [6.45, 7) is 0.492. The molecule has 1 aromatic carbocycles. The highest BCUT2D eigenvalue weighted by atomic mass is 32.2. The van der Waals surface area contributed by atoms with E-state index >= 15 is 0 Å². The maximum Gasteiger partial charge on any atom is 0.151 e. The van der Waals surface area contributed by atoms with E-state index in [1.807, 2.05) is 13.3 Å². The average Bonchev–Trinajstić information content (AvgIpc) is 2.80. The topological polar surface area (TPSA) is 63.4 Å². The summed E-state index contributed by atoms with van der Waals surface area (Å²) in [5.41, 5.74) is 7.07. The molecule has 1 heterocycles. The summed E-state index contributed by atoms with van der Waals surface area (Å²) in [5, 5.41) is 0. The summed E-state index contributed by atoms with van der Waals surface area (Å²) in [6, 6.07) is 8.49. The lowest BCUT2D eigenvalue weighted by molar-refractivity contribution is 0.192. The molecule has 2 N–H and O–H groups in total. The maximum atomic E-state index is 11.6. The standard InChI is InChI=1S/C14H22N2O2S2/c1-16(12-7-8-20(17,18)10-12)14(9-15)11-3-5-13(19-2)6-4-11/h3-6,12,14H,7-10,15H2,1-2H3. The van der Waals surface area contributed by atoms with E-state index in [0.29, 0.717) is 18.7 Å². The molecule has 0 aliphatic carbocycles. The fraction of sp³-hybridized carbons (Fsp3) is 0.571. The number of benzene rings is 1. The zero-order valence-electron chi connectivity index (χ0n) is 12.0. The third kappa shape index (κ3) is 3.55. The fourth-order valence-electron chi connectivity index (χ4n) is 2.71. The molecule has 1 aliphatic heterocycles. The van der Waals surface area contributed by atoms with Crippen molar-refractivity contribution in [1.82, 2.24) is 4.90 Å².